The van der Waals surface area contributed by atoms with E-state index >= 15 is 0 Å². The minimum Gasteiger partial charge on any atom is -0.278 e. The van der Waals surface area contributed by atoms with Crippen LogP contribution in [0.5, 0.6) is 0 Å². The molecular weight excluding hydrogens is 787 g/mol. The van der Waals surface area contributed by atoms with E-state index in [1.165, 1.54) is 73.7 Å². The average molecular weight is 838 g/mol. The van der Waals surface area contributed by atoms with Gasteiger partial charge in [0.25, 0.3) is 0 Å². The highest BCUT2D eigenvalue weighted by Crippen LogP contribution is 2.66. The van der Waals surface area contributed by atoms with Crippen LogP contribution in [0.25, 0.3) is 78.6 Å². The van der Waals surface area contributed by atoms with Crippen molar-refractivity contribution in [2.75, 3.05) is 0 Å². The van der Waals surface area contributed by atoms with Crippen LogP contribution >= 0.6 is 0 Å². The lowest BCUT2D eigenvalue weighted by Gasteiger charge is -2.33. The van der Waals surface area contributed by atoms with Gasteiger partial charge in [0.05, 0.1) is 27.8 Å². The molecule has 314 valence electrons. The van der Waals surface area contributed by atoms with E-state index in [1.807, 2.05) is 0 Å². The normalized spacial score (nSPS) is 17.8. The molecule has 3 aliphatic carbocycles. The Kier molecular flexibility index (Phi) is 9.49. The molecule has 3 aliphatic rings. The topological polar surface area (TPSA) is 30.7 Å². The molecular formula is C62H51N3. The third-order valence-corrected chi connectivity index (χ3v) is 14.6. The van der Waals surface area contributed by atoms with Crippen LogP contribution in [-0.4, -0.2) is 14.5 Å². The Balaban J connectivity index is 1.09. The first-order valence-corrected chi connectivity index (χ1v) is 23.4. The Morgan fingerprint density at radius 2 is 1.31 bits per heavy atom. The van der Waals surface area contributed by atoms with Crippen LogP contribution in [0.2, 0.25) is 0 Å². The SMILES string of the molecule is C/C=C\CC(C)/C=C/c1ccc(-c2nc(-n3c4ccccc4c4cc5c(cc43)C3(C4=CCCCC4c4ccccc43)c3ccccc3-5)nc(-c3ccc(-c4ccccc4)cc3)c2C)cc1. The number of allylic oxidation sites excluding steroid dienone is 5. The number of benzene rings is 7. The van der Waals surface area contributed by atoms with Gasteiger partial charge < -0.3 is 0 Å². The molecule has 0 saturated heterocycles. The van der Waals surface area contributed by atoms with Gasteiger partial charge in [-0.15, -0.1) is 0 Å². The molecule has 3 heteroatoms. The lowest BCUT2D eigenvalue weighted by atomic mass is 9.68. The minimum absolute atomic E-state index is 0.352. The number of nitrogens with zero attached hydrogens (tertiary/aromatic N) is 3. The van der Waals surface area contributed by atoms with Crippen LogP contribution in [-0.2, 0) is 5.41 Å². The van der Waals surface area contributed by atoms with E-state index in [-0.39, 0.29) is 5.41 Å². The van der Waals surface area contributed by atoms with Gasteiger partial charge in [-0.2, -0.15) is 0 Å². The summed E-state index contributed by atoms with van der Waals surface area (Å²) in [5, 5.41) is 2.41. The summed E-state index contributed by atoms with van der Waals surface area (Å²) in [5.41, 5.74) is 20.4. The Bertz CT molecular complexity index is 3400. The second-order valence-corrected chi connectivity index (χ2v) is 18.3. The molecule has 0 amide bonds. The van der Waals surface area contributed by atoms with Gasteiger partial charge in [0.1, 0.15) is 0 Å². The largest absolute Gasteiger partial charge is 0.278 e. The Hall–Kier alpha value is -7.36. The predicted octanol–water partition coefficient (Wildman–Crippen LogP) is 16.0. The van der Waals surface area contributed by atoms with Crippen LogP contribution in [0, 0.1) is 12.8 Å². The number of hydrogen-bond acceptors (Lipinski definition) is 2. The summed E-state index contributed by atoms with van der Waals surface area (Å²) in [6.07, 6.45) is 16.1. The number of hydrogen-bond donors (Lipinski definition) is 0. The summed E-state index contributed by atoms with van der Waals surface area (Å²) in [5.74, 6) is 1.56. The Morgan fingerprint density at radius 1 is 0.646 bits per heavy atom. The van der Waals surface area contributed by atoms with Crippen molar-refractivity contribution in [2.24, 2.45) is 5.92 Å². The summed E-state index contributed by atoms with van der Waals surface area (Å²) in [7, 11) is 0. The highest BCUT2D eigenvalue weighted by atomic mass is 15.2. The van der Waals surface area contributed by atoms with Crippen molar-refractivity contribution in [3.8, 4) is 50.7 Å². The Labute approximate surface area is 382 Å². The van der Waals surface area contributed by atoms with Crippen molar-refractivity contribution in [3.05, 3.63) is 227 Å². The number of aromatic nitrogens is 3. The van der Waals surface area contributed by atoms with Crippen LogP contribution in [0.15, 0.2) is 194 Å². The molecule has 2 aromatic heterocycles. The Morgan fingerprint density at radius 3 is 2.09 bits per heavy atom. The zero-order chi connectivity index (χ0) is 43.6. The van der Waals surface area contributed by atoms with E-state index in [0.29, 0.717) is 17.8 Å². The fourth-order valence-electron chi connectivity index (χ4n) is 11.5. The van der Waals surface area contributed by atoms with Crippen LogP contribution in [0.3, 0.4) is 0 Å². The second-order valence-electron chi connectivity index (χ2n) is 18.3. The zero-order valence-corrected chi connectivity index (χ0v) is 37.3. The predicted molar refractivity (Wildman–Crippen MR) is 271 cm³/mol. The maximum Gasteiger partial charge on any atom is 0.235 e. The minimum atomic E-state index is -0.352. The lowest BCUT2D eigenvalue weighted by Crippen LogP contribution is -2.27. The highest BCUT2D eigenvalue weighted by molar-refractivity contribution is 6.12. The standard InChI is InChI=1S/C62H51N3/c1-4-5-17-40(2)28-29-42-30-32-45(33-31-42)59-41(3)60(46-36-34-44(35-37-46)43-18-7-6-8-19-43)64-61(63-59)65-57-27-16-12-23-50(57)52-38-51-49-22-11-15-26-55(49)62(56(51)39-58(52)65)53-24-13-9-20-47(53)48-21-10-14-25-54(48)62/h4-9,11-13,15-16,18-20,22-40,48H,10,14,17,21H2,1-3H3/b5-4-,29-28+. The van der Waals surface area contributed by atoms with Crippen molar-refractivity contribution >= 4 is 27.9 Å². The summed E-state index contributed by atoms with van der Waals surface area (Å²) < 4.78 is 2.35. The van der Waals surface area contributed by atoms with E-state index in [2.05, 4.69) is 220 Å². The van der Waals surface area contributed by atoms with Gasteiger partial charge in [-0.1, -0.05) is 183 Å². The maximum atomic E-state index is 5.61. The average Bonchev–Trinajstić information content (AvgIpc) is 3.96. The van der Waals surface area contributed by atoms with Gasteiger partial charge in [-0.3, -0.25) is 4.57 Å². The van der Waals surface area contributed by atoms with E-state index in [0.717, 1.165) is 52.0 Å². The fraction of sp³-hybridized carbons (Fsp3) is 0.161. The van der Waals surface area contributed by atoms with Crippen molar-refractivity contribution in [1.29, 1.82) is 0 Å². The van der Waals surface area contributed by atoms with E-state index < -0.39 is 0 Å². The highest BCUT2D eigenvalue weighted by Gasteiger charge is 2.55. The van der Waals surface area contributed by atoms with Gasteiger partial charge in [0.15, 0.2) is 0 Å². The summed E-state index contributed by atoms with van der Waals surface area (Å²) in [6, 6.07) is 60.7. The molecule has 3 nitrogen and oxygen atoms in total. The van der Waals surface area contributed by atoms with Crippen molar-refractivity contribution in [2.45, 2.75) is 57.8 Å². The van der Waals surface area contributed by atoms with Crippen LogP contribution in [0.1, 0.15) is 78.8 Å². The number of fused-ring (bicyclic) bond motifs is 13. The van der Waals surface area contributed by atoms with Crippen molar-refractivity contribution in [3.63, 3.8) is 0 Å². The molecule has 0 bridgehead atoms. The van der Waals surface area contributed by atoms with Crippen molar-refractivity contribution in [1.82, 2.24) is 14.5 Å². The molecule has 0 saturated carbocycles. The molecule has 0 aliphatic heterocycles. The summed E-state index contributed by atoms with van der Waals surface area (Å²) in [4.78, 5) is 11.2. The van der Waals surface area contributed by atoms with E-state index in [4.69, 9.17) is 9.97 Å². The molecule has 12 rings (SSSR count). The monoisotopic (exact) mass is 837 g/mol. The second kappa shape index (κ2) is 15.7. The summed E-state index contributed by atoms with van der Waals surface area (Å²) in [6.45, 7) is 6.53. The molecule has 9 aromatic rings. The van der Waals surface area contributed by atoms with Crippen LogP contribution < -0.4 is 0 Å². The third-order valence-electron chi connectivity index (χ3n) is 14.6. The molecule has 0 N–H and O–H groups in total. The maximum absolute atomic E-state index is 5.61. The molecule has 7 aromatic carbocycles. The first-order valence-electron chi connectivity index (χ1n) is 23.4. The molecule has 65 heavy (non-hydrogen) atoms. The molecule has 3 atom stereocenters. The van der Waals surface area contributed by atoms with E-state index in [9.17, 15) is 0 Å². The molecule has 3 unspecified atom stereocenters. The first-order chi connectivity index (χ1) is 32.0. The van der Waals surface area contributed by atoms with Gasteiger partial charge >= 0.3 is 0 Å². The third kappa shape index (κ3) is 6.16. The fourth-order valence-corrected chi connectivity index (χ4v) is 11.5. The van der Waals surface area contributed by atoms with Crippen molar-refractivity contribution < 1.29 is 0 Å². The van der Waals surface area contributed by atoms with Gasteiger partial charge in [-0.25, -0.2) is 9.97 Å². The quantitative estimate of drug-likeness (QED) is 0.143. The zero-order valence-electron chi connectivity index (χ0n) is 37.3. The smallest absolute Gasteiger partial charge is 0.235 e. The molecule has 2 heterocycles. The molecule has 0 fully saturated rings. The molecule has 0 radical (unpaired) electrons. The van der Waals surface area contributed by atoms with Crippen LogP contribution in [0.4, 0.5) is 0 Å². The van der Waals surface area contributed by atoms with Gasteiger partial charge in [-0.05, 0) is 119 Å². The number of rotatable bonds is 8. The van der Waals surface area contributed by atoms with E-state index in [1.54, 1.807) is 5.57 Å². The number of para-hydroxylation sites is 1. The van der Waals surface area contributed by atoms with Gasteiger partial charge in [0, 0.05) is 33.4 Å². The molecule has 1 spiro atoms. The van der Waals surface area contributed by atoms with Gasteiger partial charge in [0.2, 0.25) is 5.95 Å². The lowest BCUT2D eigenvalue weighted by molar-refractivity contribution is 0.597. The first kappa shape index (κ1) is 39.2. The summed E-state index contributed by atoms with van der Waals surface area (Å²) >= 11 is 0.